The summed E-state index contributed by atoms with van der Waals surface area (Å²) >= 11 is 8.17. The van der Waals surface area contributed by atoms with Crippen molar-refractivity contribution in [1.82, 2.24) is 9.61 Å². The van der Waals surface area contributed by atoms with Crippen molar-refractivity contribution < 1.29 is 9.53 Å². The van der Waals surface area contributed by atoms with Gasteiger partial charge in [-0.1, -0.05) is 11.6 Å². The van der Waals surface area contributed by atoms with E-state index in [1.807, 2.05) is 26.8 Å². The molecule has 5 nitrogen and oxygen atoms in total. The van der Waals surface area contributed by atoms with Crippen molar-refractivity contribution in [2.45, 2.75) is 26.4 Å². The number of ether oxygens (including phenoxy) is 1. The molecule has 0 spiro atoms. The Kier molecular flexibility index (Phi) is 3.91. The van der Waals surface area contributed by atoms with Gasteiger partial charge in [0.25, 0.3) is 0 Å². The van der Waals surface area contributed by atoms with Gasteiger partial charge in [-0.05, 0) is 55.5 Å². The third-order valence-electron chi connectivity index (χ3n) is 2.17. The van der Waals surface area contributed by atoms with Crippen molar-refractivity contribution in [3.63, 3.8) is 0 Å². The molecular formula is C12H13ClIN3O2. The van der Waals surface area contributed by atoms with Crippen LogP contribution in [0.4, 0.5) is 10.5 Å². The maximum atomic E-state index is 11.7. The Labute approximate surface area is 129 Å². The Balaban J connectivity index is 2.22. The number of aromatic nitrogens is 2. The highest BCUT2D eigenvalue weighted by Crippen LogP contribution is 2.23. The van der Waals surface area contributed by atoms with Crippen molar-refractivity contribution in [2.24, 2.45) is 0 Å². The molecule has 0 aliphatic carbocycles. The highest BCUT2D eigenvalue weighted by Gasteiger charge is 2.16. The van der Waals surface area contributed by atoms with Gasteiger partial charge >= 0.3 is 6.09 Å². The SMILES string of the molecule is CC(C)(C)OC(=O)Nc1cnn2c(Cl)cc(I)c2c1. The zero-order valence-electron chi connectivity index (χ0n) is 10.7. The molecule has 2 heterocycles. The van der Waals surface area contributed by atoms with Crippen molar-refractivity contribution in [3.8, 4) is 0 Å². The van der Waals surface area contributed by atoms with Gasteiger partial charge in [-0.15, -0.1) is 0 Å². The van der Waals surface area contributed by atoms with Crippen LogP contribution >= 0.6 is 34.2 Å². The molecule has 0 aromatic carbocycles. The van der Waals surface area contributed by atoms with Crippen LogP contribution < -0.4 is 5.32 Å². The molecule has 7 heteroatoms. The van der Waals surface area contributed by atoms with Crippen LogP contribution in [0.1, 0.15) is 20.8 Å². The van der Waals surface area contributed by atoms with E-state index in [0.29, 0.717) is 10.8 Å². The average molecular weight is 394 g/mol. The summed E-state index contributed by atoms with van der Waals surface area (Å²) in [5.74, 6) is 0. The van der Waals surface area contributed by atoms with E-state index in [-0.39, 0.29) is 0 Å². The van der Waals surface area contributed by atoms with E-state index >= 15 is 0 Å². The van der Waals surface area contributed by atoms with Crippen LogP contribution in [0.5, 0.6) is 0 Å². The van der Waals surface area contributed by atoms with Crippen LogP contribution in [0.15, 0.2) is 18.3 Å². The fourth-order valence-corrected chi connectivity index (χ4v) is 2.60. The maximum absolute atomic E-state index is 11.7. The molecule has 0 aliphatic rings. The predicted octanol–water partition coefficient (Wildman–Crippen LogP) is 3.94. The quantitative estimate of drug-likeness (QED) is 0.747. The van der Waals surface area contributed by atoms with Gasteiger partial charge in [0.1, 0.15) is 10.8 Å². The molecule has 0 saturated carbocycles. The zero-order chi connectivity index (χ0) is 14.2. The third kappa shape index (κ3) is 3.50. The Bertz CT molecular complexity index is 634. The van der Waals surface area contributed by atoms with Gasteiger partial charge in [-0.2, -0.15) is 5.10 Å². The van der Waals surface area contributed by atoms with E-state index in [1.165, 1.54) is 6.20 Å². The number of hydrogen-bond donors (Lipinski definition) is 1. The third-order valence-corrected chi connectivity index (χ3v) is 3.30. The fraction of sp³-hybridized carbons (Fsp3) is 0.333. The molecule has 0 bridgehead atoms. The van der Waals surface area contributed by atoms with E-state index < -0.39 is 11.7 Å². The summed E-state index contributed by atoms with van der Waals surface area (Å²) in [6.07, 6.45) is 1.02. The minimum atomic E-state index is -0.533. The van der Waals surface area contributed by atoms with Crippen LogP contribution in [0, 0.1) is 3.57 Å². The van der Waals surface area contributed by atoms with Crippen LogP contribution in [0.2, 0.25) is 5.15 Å². The molecule has 0 fully saturated rings. The van der Waals surface area contributed by atoms with Gasteiger partial charge in [0.2, 0.25) is 0 Å². The highest BCUT2D eigenvalue weighted by atomic mass is 127. The van der Waals surface area contributed by atoms with Gasteiger partial charge in [0.15, 0.2) is 0 Å². The number of nitrogens with one attached hydrogen (secondary N) is 1. The van der Waals surface area contributed by atoms with Crippen LogP contribution in [0.3, 0.4) is 0 Å². The topological polar surface area (TPSA) is 55.6 Å². The van der Waals surface area contributed by atoms with Crippen molar-refractivity contribution in [3.05, 3.63) is 27.1 Å². The molecule has 0 aliphatic heterocycles. The molecule has 1 N–H and O–H groups in total. The molecule has 1 amide bonds. The average Bonchev–Trinajstić information content (AvgIpc) is 2.51. The first-order valence-electron chi connectivity index (χ1n) is 5.59. The Morgan fingerprint density at radius 2 is 2.16 bits per heavy atom. The summed E-state index contributed by atoms with van der Waals surface area (Å²) in [7, 11) is 0. The number of amides is 1. The van der Waals surface area contributed by atoms with Gasteiger partial charge < -0.3 is 4.74 Å². The van der Waals surface area contributed by atoms with E-state index in [9.17, 15) is 4.79 Å². The van der Waals surface area contributed by atoms with Gasteiger partial charge in [-0.25, -0.2) is 9.31 Å². The fourth-order valence-electron chi connectivity index (χ4n) is 1.50. The molecule has 2 aromatic rings. The lowest BCUT2D eigenvalue weighted by atomic mass is 10.2. The lowest BCUT2D eigenvalue weighted by Gasteiger charge is -2.19. The Hall–Kier alpha value is -1.02. The highest BCUT2D eigenvalue weighted by molar-refractivity contribution is 14.1. The summed E-state index contributed by atoms with van der Waals surface area (Å²) in [5.41, 5.74) is 0.864. The largest absolute Gasteiger partial charge is 0.444 e. The van der Waals surface area contributed by atoms with Crippen molar-refractivity contribution >= 4 is 51.5 Å². The van der Waals surface area contributed by atoms with Crippen molar-refractivity contribution in [2.75, 3.05) is 5.32 Å². The van der Waals surface area contributed by atoms with Crippen LogP contribution in [-0.2, 0) is 4.74 Å². The zero-order valence-corrected chi connectivity index (χ0v) is 13.6. The molecule has 0 radical (unpaired) electrons. The first-order valence-corrected chi connectivity index (χ1v) is 7.05. The molecule has 2 rings (SSSR count). The summed E-state index contributed by atoms with van der Waals surface area (Å²) in [6.45, 7) is 5.43. The maximum Gasteiger partial charge on any atom is 0.412 e. The number of anilines is 1. The monoisotopic (exact) mass is 393 g/mol. The molecule has 19 heavy (non-hydrogen) atoms. The predicted molar refractivity (Wildman–Crippen MR) is 82.8 cm³/mol. The number of carbonyl (C=O) groups excluding carboxylic acids is 1. The van der Waals surface area contributed by atoms with Gasteiger partial charge in [0, 0.05) is 3.57 Å². The summed E-state index contributed by atoms with van der Waals surface area (Å²) < 4.78 is 7.74. The summed E-state index contributed by atoms with van der Waals surface area (Å²) in [6, 6.07) is 3.60. The van der Waals surface area contributed by atoms with Gasteiger partial charge in [0.05, 0.1) is 17.4 Å². The summed E-state index contributed by atoms with van der Waals surface area (Å²) in [5, 5.41) is 7.34. The number of hydrogen-bond acceptors (Lipinski definition) is 3. The van der Waals surface area contributed by atoms with Crippen LogP contribution in [-0.4, -0.2) is 21.3 Å². The molecule has 102 valence electrons. The van der Waals surface area contributed by atoms with E-state index in [4.69, 9.17) is 16.3 Å². The minimum Gasteiger partial charge on any atom is -0.444 e. The lowest BCUT2D eigenvalue weighted by molar-refractivity contribution is 0.0636. The standard InChI is InChI=1S/C12H13ClIN3O2/c1-12(2,3)19-11(18)16-7-4-9-8(14)5-10(13)17(9)15-6-7/h4-6H,1-3H3,(H,16,18). The Morgan fingerprint density at radius 3 is 2.79 bits per heavy atom. The minimum absolute atomic E-state index is 0.508. The molecule has 2 aromatic heterocycles. The smallest absolute Gasteiger partial charge is 0.412 e. The van der Waals surface area contributed by atoms with Crippen LogP contribution in [0.25, 0.3) is 5.52 Å². The first-order chi connectivity index (χ1) is 8.76. The lowest BCUT2D eigenvalue weighted by Crippen LogP contribution is -2.27. The second-order valence-electron chi connectivity index (χ2n) is 4.98. The Morgan fingerprint density at radius 1 is 1.47 bits per heavy atom. The second kappa shape index (κ2) is 5.16. The number of fused-ring (bicyclic) bond motifs is 1. The molecule has 0 saturated heterocycles. The van der Waals surface area contributed by atoms with Gasteiger partial charge in [-0.3, -0.25) is 5.32 Å². The number of rotatable bonds is 1. The molecule has 0 atom stereocenters. The summed E-state index contributed by atoms with van der Waals surface area (Å²) in [4.78, 5) is 11.7. The number of halogens is 2. The van der Waals surface area contributed by atoms with E-state index in [2.05, 4.69) is 33.0 Å². The number of carbonyl (C=O) groups is 1. The van der Waals surface area contributed by atoms with E-state index in [0.717, 1.165) is 9.09 Å². The number of nitrogens with zero attached hydrogens (tertiary/aromatic N) is 2. The van der Waals surface area contributed by atoms with E-state index in [1.54, 1.807) is 10.6 Å². The first kappa shape index (κ1) is 14.4. The second-order valence-corrected chi connectivity index (χ2v) is 6.53. The normalized spacial score (nSPS) is 11.6. The van der Waals surface area contributed by atoms with Crippen molar-refractivity contribution in [1.29, 1.82) is 0 Å². The molecule has 0 unspecified atom stereocenters. The molecular weight excluding hydrogens is 381 g/mol.